The number of nitro groups is 1. The zero-order valence-electron chi connectivity index (χ0n) is 9.85. The van der Waals surface area contributed by atoms with Gasteiger partial charge in [-0.1, -0.05) is 6.42 Å². The van der Waals surface area contributed by atoms with Crippen molar-refractivity contribution in [3.8, 4) is 0 Å². The Morgan fingerprint density at radius 3 is 3.24 bits per heavy atom. The highest BCUT2D eigenvalue weighted by atomic mass is 16.6. The molecule has 1 atom stereocenters. The molecule has 7 nitrogen and oxygen atoms in total. The second-order valence-corrected chi connectivity index (χ2v) is 4.33. The normalized spacial score (nSPS) is 20.9. The monoisotopic (exact) mass is 239 g/mol. The van der Waals surface area contributed by atoms with Gasteiger partial charge in [0.25, 0.3) is 0 Å². The van der Waals surface area contributed by atoms with Crippen LogP contribution in [-0.4, -0.2) is 33.6 Å². The highest BCUT2D eigenvalue weighted by Gasteiger charge is 2.23. The predicted molar refractivity (Wildman–Crippen MR) is 64.0 cm³/mol. The lowest BCUT2D eigenvalue weighted by molar-refractivity contribution is -0.388. The van der Waals surface area contributed by atoms with Crippen LogP contribution in [0.2, 0.25) is 0 Å². The summed E-state index contributed by atoms with van der Waals surface area (Å²) in [5.41, 5.74) is 0. The van der Waals surface area contributed by atoms with Crippen LogP contribution in [-0.2, 0) is 7.05 Å². The van der Waals surface area contributed by atoms with Crippen LogP contribution in [0.4, 0.5) is 11.6 Å². The van der Waals surface area contributed by atoms with Gasteiger partial charge in [-0.25, -0.2) is 0 Å². The van der Waals surface area contributed by atoms with E-state index < -0.39 is 4.92 Å². The topological polar surface area (TPSA) is 85.0 Å². The third kappa shape index (κ3) is 2.73. The summed E-state index contributed by atoms with van der Waals surface area (Å²) in [6.07, 6.45) is 4.78. The summed E-state index contributed by atoms with van der Waals surface area (Å²) in [5.74, 6) is 0.389. The van der Waals surface area contributed by atoms with Gasteiger partial charge in [-0.2, -0.15) is 0 Å². The van der Waals surface area contributed by atoms with Crippen LogP contribution in [0.3, 0.4) is 0 Å². The molecule has 2 N–H and O–H groups in total. The highest BCUT2D eigenvalue weighted by molar-refractivity contribution is 5.52. The van der Waals surface area contributed by atoms with Crippen LogP contribution in [0, 0.1) is 10.1 Å². The largest absolute Gasteiger partial charge is 0.406 e. The first-order valence-electron chi connectivity index (χ1n) is 5.81. The zero-order chi connectivity index (χ0) is 12.3. The first kappa shape index (κ1) is 11.8. The minimum atomic E-state index is -0.452. The second kappa shape index (κ2) is 5.13. The molecule has 1 aliphatic heterocycles. The van der Waals surface area contributed by atoms with Crippen molar-refractivity contribution in [1.82, 2.24) is 14.9 Å². The van der Waals surface area contributed by atoms with Gasteiger partial charge >= 0.3 is 5.82 Å². The number of anilines is 1. The van der Waals surface area contributed by atoms with Gasteiger partial charge in [0.1, 0.15) is 0 Å². The van der Waals surface area contributed by atoms with Gasteiger partial charge in [-0.3, -0.25) is 4.57 Å². The van der Waals surface area contributed by atoms with Gasteiger partial charge < -0.3 is 20.7 Å². The van der Waals surface area contributed by atoms with E-state index in [1.165, 1.54) is 6.33 Å². The molecule has 0 saturated carbocycles. The van der Waals surface area contributed by atoms with E-state index in [4.69, 9.17) is 0 Å². The molecule has 1 aromatic heterocycles. The van der Waals surface area contributed by atoms with Gasteiger partial charge in [-0.05, 0) is 29.3 Å². The molecule has 0 bridgehead atoms. The van der Waals surface area contributed by atoms with Crippen LogP contribution in [0.25, 0.3) is 0 Å². The maximum Gasteiger partial charge on any atom is 0.406 e. The summed E-state index contributed by atoms with van der Waals surface area (Å²) in [5, 5.41) is 17.4. The van der Waals surface area contributed by atoms with Crippen molar-refractivity contribution < 1.29 is 4.92 Å². The van der Waals surface area contributed by atoms with Crippen molar-refractivity contribution in [2.75, 3.05) is 18.4 Å². The molecule has 1 aliphatic rings. The number of hydrogen-bond acceptors (Lipinski definition) is 5. The fourth-order valence-corrected chi connectivity index (χ4v) is 2.05. The minimum Gasteiger partial charge on any atom is -0.360 e. The van der Waals surface area contributed by atoms with Crippen molar-refractivity contribution in [3.63, 3.8) is 0 Å². The lowest BCUT2D eigenvalue weighted by Crippen LogP contribution is -2.31. The average molecular weight is 239 g/mol. The lowest BCUT2D eigenvalue weighted by Gasteiger charge is -2.16. The SMILES string of the molecule is Cn1cnc([N+](=O)[O-])c1NC1CCCCNC1. The molecule has 2 heterocycles. The third-order valence-corrected chi connectivity index (χ3v) is 2.98. The molecule has 94 valence electrons. The number of aromatic nitrogens is 2. The Morgan fingerprint density at radius 2 is 2.47 bits per heavy atom. The van der Waals surface area contributed by atoms with E-state index in [1.54, 1.807) is 11.6 Å². The molecule has 1 unspecified atom stereocenters. The summed E-state index contributed by atoms with van der Waals surface area (Å²) in [7, 11) is 1.76. The van der Waals surface area contributed by atoms with E-state index in [0.717, 1.165) is 32.4 Å². The fraction of sp³-hybridized carbons (Fsp3) is 0.700. The number of nitrogens with one attached hydrogen (secondary N) is 2. The summed E-state index contributed by atoms with van der Waals surface area (Å²) in [4.78, 5) is 14.2. The van der Waals surface area contributed by atoms with E-state index in [-0.39, 0.29) is 11.9 Å². The fourth-order valence-electron chi connectivity index (χ4n) is 2.05. The third-order valence-electron chi connectivity index (χ3n) is 2.98. The highest BCUT2D eigenvalue weighted by Crippen LogP contribution is 2.23. The number of aryl methyl sites for hydroxylation is 1. The standard InChI is InChI=1S/C10H17N5O2/c1-14-7-12-9(15(16)17)10(14)13-8-4-2-3-5-11-6-8/h7-8,11,13H,2-6H2,1H3. The second-order valence-electron chi connectivity index (χ2n) is 4.33. The van der Waals surface area contributed by atoms with Gasteiger partial charge in [0.15, 0.2) is 0 Å². The van der Waals surface area contributed by atoms with E-state index in [2.05, 4.69) is 15.6 Å². The van der Waals surface area contributed by atoms with Crippen LogP contribution in [0.5, 0.6) is 0 Å². The quantitative estimate of drug-likeness (QED) is 0.604. The minimum absolute atomic E-state index is 0.100. The number of nitrogens with zero attached hydrogens (tertiary/aromatic N) is 3. The molecule has 0 aliphatic carbocycles. The van der Waals surface area contributed by atoms with Crippen LogP contribution < -0.4 is 10.6 Å². The molecule has 2 rings (SSSR count). The Kier molecular flexibility index (Phi) is 3.58. The van der Waals surface area contributed by atoms with E-state index in [0.29, 0.717) is 5.82 Å². The van der Waals surface area contributed by atoms with Crippen molar-refractivity contribution in [2.45, 2.75) is 25.3 Å². The maximum absolute atomic E-state index is 10.8. The molecular formula is C10H17N5O2. The van der Waals surface area contributed by atoms with Crippen molar-refractivity contribution in [3.05, 3.63) is 16.4 Å². The van der Waals surface area contributed by atoms with Crippen LogP contribution in [0.1, 0.15) is 19.3 Å². The van der Waals surface area contributed by atoms with Gasteiger partial charge in [0.05, 0.1) is 0 Å². The molecule has 0 amide bonds. The molecule has 1 aromatic rings. The van der Waals surface area contributed by atoms with Crippen LogP contribution >= 0.6 is 0 Å². The van der Waals surface area contributed by atoms with Crippen molar-refractivity contribution in [2.24, 2.45) is 7.05 Å². The molecule has 1 saturated heterocycles. The zero-order valence-corrected chi connectivity index (χ0v) is 9.85. The number of imidazole rings is 1. The van der Waals surface area contributed by atoms with E-state index >= 15 is 0 Å². The van der Waals surface area contributed by atoms with Crippen molar-refractivity contribution in [1.29, 1.82) is 0 Å². The molecule has 17 heavy (non-hydrogen) atoms. The smallest absolute Gasteiger partial charge is 0.360 e. The predicted octanol–water partition coefficient (Wildman–Crippen LogP) is 0.882. The van der Waals surface area contributed by atoms with Gasteiger partial charge in [-0.15, -0.1) is 0 Å². The molecule has 0 radical (unpaired) electrons. The Bertz CT molecular complexity index is 395. The lowest BCUT2D eigenvalue weighted by atomic mass is 10.1. The van der Waals surface area contributed by atoms with E-state index in [9.17, 15) is 10.1 Å². The van der Waals surface area contributed by atoms with Gasteiger partial charge in [0, 0.05) is 19.6 Å². The first-order valence-corrected chi connectivity index (χ1v) is 5.81. The Hall–Kier alpha value is -1.63. The maximum atomic E-state index is 10.8. The molecule has 0 spiro atoms. The molecule has 0 aromatic carbocycles. The summed E-state index contributed by atoms with van der Waals surface area (Å²) < 4.78 is 1.66. The van der Waals surface area contributed by atoms with Gasteiger partial charge in [0.2, 0.25) is 12.1 Å². The summed E-state index contributed by atoms with van der Waals surface area (Å²) in [6, 6.07) is 0.228. The van der Waals surface area contributed by atoms with Crippen molar-refractivity contribution >= 4 is 11.6 Å². The average Bonchev–Trinajstić information content (AvgIpc) is 2.52. The summed E-state index contributed by atoms with van der Waals surface area (Å²) in [6.45, 7) is 1.86. The Morgan fingerprint density at radius 1 is 1.65 bits per heavy atom. The number of hydrogen-bond donors (Lipinski definition) is 2. The van der Waals surface area contributed by atoms with E-state index in [1.807, 2.05) is 0 Å². The first-order chi connectivity index (χ1) is 8.18. The molecule has 7 heteroatoms. The molecule has 1 fully saturated rings. The van der Waals surface area contributed by atoms with Crippen LogP contribution in [0.15, 0.2) is 6.33 Å². The Balaban J connectivity index is 2.11. The summed E-state index contributed by atoms with van der Waals surface area (Å²) >= 11 is 0. The number of rotatable bonds is 3. The molecular weight excluding hydrogens is 222 g/mol. The Labute approximate surface area is 99.4 Å².